The molecule has 26 heavy (non-hydrogen) atoms. The minimum absolute atomic E-state index is 0. The van der Waals surface area contributed by atoms with E-state index in [0.29, 0.717) is 25.2 Å². The molecule has 2 heterocycles. The van der Waals surface area contributed by atoms with Gasteiger partial charge in [0.25, 0.3) is 5.91 Å². The van der Waals surface area contributed by atoms with Gasteiger partial charge in [-0.25, -0.2) is 4.39 Å². The Morgan fingerprint density at radius 2 is 2.12 bits per heavy atom. The highest BCUT2D eigenvalue weighted by molar-refractivity contribution is 6.33. The van der Waals surface area contributed by atoms with Crippen LogP contribution in [0.4, 0.5) is 4.39 Å². The van der Waals surface area contributed by atoms with Crippen LogP contribution in [0, 0.1) is 11.7 Å². The second kappa shape index (κ2) is 9.53. The van der Waals surface area contributed by atoms with E-state index in [1.54, 1.807) is 4.90 Å². The van der Waals surface area contributed by atoms with Crippen molar-refractivity contribution in [3.05, 3.63) is 34.6 Å². The maximum atomic E-state index is 13.2. The lowest BCUT2D eigenvalue weighted by Gasteiger charge is -2.33. The third-order valence-electron chi connectivity index (χ3n) is 4.91. The van der Waals surface area contributed by atoms with Gasteiger partial charge in [-0.05, 0) is 56.3 Å². The summed E-state index contributed by atoms with van der Waals surface area (Å²) in [5.41, 5.74) is 0.322. The molecule has 1 aromatic rings. The van der Waals surface area contributed by atoms with Crippen molar-refractivity contribution in [3.63, 3.8) is 0 Å². The Hall–Kier alpha value is -1.37. The number of nitrogens with one attached hydrogen (secondary N) is 2. The summed E-state index contributed by atoms with van der Waals surface area (Å²) in [6.07, 6.45) is 3.76. The molecule has 0 aliphatic carbocycles. The van der Waals surface area contributed by atoms with Crippen LogP contribution in [0.1, 0.15) is 36.0 Å². The molecule has 2 amide bonds. The van der Waals surface area contributed by atoms with Gasteiger partial charge < -0.3 is 15.5 Å². The number of carbonyl (C=O) groups is 2. The van der Waals surface area contributed by atoms with Crippen LogP contribution in [0.3, 0.4) is 0 Å². The summed E-state index contributed by atoms with van der Waals surface area (Å²) in [4.78, 5) is 26.5. The van der Waals surface area contributed by atoms with E-state index in [-0.39, 0.29) is 41.2 Å². The number of carbonyl (C=O) groups excluding carboxylic acids is 2. The van der Waals surface area contributed by atoms with Gasteiger partial charge in [0.1, 0.15) is 5.82 Å². The van der Waals surface area contributed by atoms with E-state index in [1.165, 1.54) is 12.1 Å². The van der Waals surface area contributed by atoms with Crippen molar-refractivity contribution in [2.75, 3.05) is 26.2 Å². The van der Waals surface area contributed by atoms with Crippen LogP contribution in [0.15, 0.2) is 18.2 Å². The molecule has 8 heteroatoms. The SMILES string of the molecule is Cl.O=C(NCC1CCCN(C(=O)c2ccc(F)cc2Cl)C1)C1CCCN1. The fraction of sp³-hybridized carbons (Fsp3) is 0.556. The van der Waals surface area contributed by atoms with Gasteiger partial charge in [0.15, 0.2) is 0 Å². The monoisotopic (exact) mass is 403 g/mol. The van der Waals surface area contributed by atoms with Crippen molar-refractivity contribution in [3.8, 4) is 0 Å². The number of nitrogens with zero attached hydrogens (tertiary/aromatic N) is 1. The normalized spacial score (nSPS) is 22.6. The van der Waals surface area contributed by atoms with Crippen LogP contribution in [-0.4, -0.2) is 48.9 Å². The van der Waals surface area contributed by atoms with Gasteiger partial charge in [0.2, 0.25) is 5.91 Å². The van der Waals surface area contributed by atoms with Crippen LogP contribution in [-0.2, 0) is 4.79 Å². The summed E-state index contributed by atoms with van der Waals surface area (Å²) in [5.74, 6) is -0.371. The molecule has 0 aromatic heterocycles. The molecule has 144 valence electrons. The van der Waals surface area contributed by atoms with Crippen LogP contribution in [0.25, 0.3) is 0 Å². The van der Waals surface area contributed by atoms with Crippen molar-refractivity contribution in [2.45, 2.75) is 31.7 Å². The molecule has 0 bridgehead atoms. The number of likely N-dealkylation sites (tertiary alicyclic amines) is 1. The molecule has 3 rings (SSSR count). The average molecular weight is 404 g/mol. The molecular formula is C18H24Cl2FN3O2. The molecule has 0 radical (unpaired) electrons. The minimum atomic E-state index is -0.457. The zero-order valence-electron chi connectivity index (χ0n) is 14.5. The first-order valence-corrected chi connectivity index (χ1v) is 9.18. The molecule has 2 N–H and O–H groups in total. The number of rotatable bonds is 4. The molecule has 2 saturated heterocycles. The van der Waals surface area contributed by atoms with Gasteiger partial charge in [-0.1, -0.05) is 11.6 Å². The summed E-state index contributed by atoms with van der Waals surface area (Å²) in [6.45, 7) is 2.69. The van der Waals surface area contributed by atoms with Crippen molar-refractivity contribution >= 4 is 35.8 Å². The van der Waals surface area contributed by atoms with E-state index < -0.39 is 5.82 Å². The zero-order chi connectivity index (χ0) is 17.8. The third-order valence-corrected chi connectivity index (χ3v) is 5.22. The lowest BCUT2D eigenvalue weighted by Crippen LogP contribution is -2.46. The lowest BCUT2D eigenvalue weighted by molar-refractivity contribution is -0.123. The second-order valence-corrected chi connectivity index (χ2v) is 7.18. The van der Waals surface area contributed by atoms with Crippen molar-refractivity contribution in [2.24, 2.45) is 5.92 Å². The van der Waals surface area contributed by atoms with E-state index in [0.717, 1.165) is 38.3 Å². The quantitative estimate of drug-likeness (QED) is 0.811. The Labute approximate surface area is 164 Å². The molecule has 0 saturated carbocycles. The topological polar surface area (TPSA) is 61.4 Å². The number of amides is 2. The predicted octanol–water partition coefficient (Wildman–Crippen LogP) is 2.62. The minimum Gasteiger partial charge on any atom is -0.354 e. The van der Waals surface area contributed by atoms with Crippen LogP contribution < -0.4 is 10.6 Å². The molecule has 2 atom stereocenters. The largest absolute Gasteiger partial charge is 0.354 e. The smallest absolute Gasteiger partial charge is 0.255 e. The predicted molar refractivity (Wildman–Crippen MR) is 101 cm³/mol. The first kappa shape index (κ1) is 20.9. The molecule has 1 aromatic carbocycles. The van der Waals surface area contributed by atoms with Crippen LogP contribution in [0.5, 0.6) is 0 Å². The van der Waals surface area contributed by atoms with Gasteiger partial charge in [-0.3, -0.25) is 9.59 Å². The maximum absolute atomic E-state index is 13.2. The Kier molecular flexibility index (Phi) is 7.68. The van der Waals surface area contributed by atoms with E-state index in [2.05, 4.69) is 10.6 Å². The number of benzene rings is 1. The molecule has 2 aliphatic rings. The lowest BCUT2D eigenvalue weighted by atomic mass is 9.97. The van der Waals surface area contributed by atoms with Crippen LogP contribution >= 0.6 is 24.0 Å². The van der Waals surface area contributed by atoms with Crippen molar-refractivity contribution in [1.82, 2.24) is 15.5 Å². The first-order chi connectivity index (χ1) is 12.0. The number of hydrogen-bond acceptors (Lipinski definition) is 3. The standard InChI is InChI=1S/C18H23ClFN3O2.ClH/c19-15-9-13(20)5-6-14(15)18(25)23-8-2-3-12(11-23)10-22-17(24)16-4-1-7-21-16;/h5-6,9,12,16,21H,1-4,7-8,10-11H2,(H,22,24);1H. The maximum Gasteiger partial charge on any atom is 0.255 e. The Balaban J connectivity index is 0.00000243. The number of piperidine rings is 1. The van der Waals surface area contributed by atoms with Gasteiger partial charge >= 0.3 is 0 Å². The van der Waals surface area contributed by atoms with Gasteiger partial charge in [-0.2, -0.15) is 0 Å². The molecule has 2 unspecified atom stereocenters. The van der Waals surface area contributed by atoms with E-state index >= 15 is 0 Å². The molecule has 2 aliphatic heterocycles. The Morgan fingerprint density at radius 1 is 1.31 bits per heavy atom. The highest BCUT2D eigenvalue weighted by atomic mass is 35.5. The summed E-state index contributed by atoms with van der Waals surface area (Å²) in [5, 5.41) is 6.31. The van der Waals surface area contributed by atoms with E-state index in [4.69, 9.17) is 11.6 Å². The highest BCUT2D eigenvalue weighted by Crippen LogP contribution is 2.23. The fourth-order valence-corrected chi connectivity index (χ4v) is 3.77. The number of hydrogen-bond donors (Lipinski definition) is 2. The van der Waals surface area contributed by atoms with Gasteiger partial charge in [-0.15, -0.1) is 12.4 Å². The summed E-state index contributed by atoms with van der Waals surface area (Å²) in [6, 6.07) is 3.75. The second-order valence-electron chi connectivity index (χ2n) is 6.78. The summed E-state index contributed by atoms with van der Waals surface area (Å²) < 4.78 is 13.2. The highest BCUT2D eigenvalue weighted by Gasteiger charge is 2.27. The average Bonchev–Trinajstić information content (AvgIpc) is 3.14. The zero-order valence-corrected chi connectivity index (χ0v) is 16.0. The van der Waals surface area contributed by atoms with E-state index in [1.807, 2.05) is 0 Å². The summed E-state index contributed by atoms with van der Waals surface area (Å²) in [7, 11) is 0. The molecule has 2 fully saturated rings. The molecule has 5 nitrogen and oxygen atoms in total. The molecule has 0 spiro atoms. The first-order valence-electron chi connectivity index (χ1n) is 8.80. The third kappa shape index (κ3) is 5.09. The molecular weight excluding hydrogens is 380 g/mol. The van der Waals surface area contributed by atoms with Gasteiger partial charge in [0, 0.05) is 19.6 Å². The van der Waals surface area contributed by atoms with Crippen molar-refractivity contribution in [1.29, 1.82) is 0 Å². The number of halogens is 3. The van der Waals surface area contributed by atoms with Gasteiger partial charge in [0.05, 0.1) is 16.6 Å². The van der Waals surface area contributed by atoms with E-state index in [9.17, 15) is 14.0 Å². The Morgan fingerprint density at radius 3 is 2.81 bits per heavy atom. The Bertz CT molecular complexity index is 653. The summed E-state index contributed by atoms with van der Waals surface area (Å²) >= 11 is 6.00. The fourth-order valence-electron chi connectivity index (χ4n) is 3.53. The van der Waals surface area contributed by atoms with Crippen molar-refractivity contribution < 1.29 is 14.0 Å². The van der Waals surface area contributed by atoms with Crippen LogP contribution in [0.2, 0.25) is 5.02 Å².